The highest BCUT2D eigenvalue weighted by Gasteiger charge is 2.36. The molecule has 6 nitrogen and oxygen atoms in total. The molecule has 1 aliphatic rings. The quantitative estimate of drug-likeness (QED) is 0.399. The molecule has 4 aromatic rings. The van der Waals surface area contributed by atoms with Crippen molar-refractivity contribution < 1.29 is 13.7 Å². The van der Waals surface area contributed by atoms with Gasteiger partial charge in [-0.05, 0) is 50.1 Å². The van der Waals surface area contributed by atoms with Crippen LogP contribution >= 0.6 is 0 Å². The molecule has 2 amide bonds. The van der Waals surface area contributed by atoms with Crippen molar-refractivity contribution in [3.05, 3.63) is 107 Å². The summed E-state index contributed by atoms with van der Waals surface area (Å²) in [6.45, 7) is 5.51. The number of aryl methyl sites for hydroxylation is 2. The third kappa shape index (κ3) is 3.85. The molecule has 0 saturated heterocycles. The molecule has 1 N–H and O–H groups in total. The van der Waals surface area contributed by atoms with Crippen molar-refractivity contribution in [2.75, 3.05) is 4.90 Å². The Balaban J connectivity index is 1.65. The van der Waals surface area contributed by atoms with Crippen LogP contribution in [0.3, 0.4) is 0 Å². The van der Waals surface area contributed by atoms with Crippen molar-refractivity contribution in [3.63, 3.8) is 0 Å². The van der Waals surface area contributed by atoms with E-state index in [4.69, 9.17) is 4.52 Å². The number of nitrogens with one attached hydrogen (secondary N) is 1. The van der Waals surface area contributed by atoms with Crippen LogP contribution in [-0.2, 0) is 0 Å². The molecule has 0 bridgehead atoms. The second-order valence-electron chi connectivity index (χ2n) is 8.35. The van der Waals surface area contributed by atoms with Crippen molar-refractivity contribution in [1.82, 2.24) is 15.5 Å². The molecule has 0 aliphatic carbocycles. The van der Waals surface area contributed by atoms with E-state index in [1.807, 2.05) is 68.4 Å². The van der Waals surface area contributed by atoms with Gasteiger partial charge in [0.1, 0.15) is 5.82 Å². The summed E-state index contributed by atoms with van der Waals surface area (Å²) in [5.41, 5.74) is 5.16. The van der Waals surface area contributed by atoms with E-state index in [1.165, 1.54) is 11.0 Å². The molecule has 1 aliphatic heterocycles. The zero-order valence-corrected chi connectivity index (χ0v) is 19.0. The maximum absolute atomic E-state index is 13.9. The number of carbonyl (C=O) groups excluding carboxylic acids is 1. The van der Waals surface area contributed by atoms with Crippen LogP contribution in [0.4, 0.5) is 14.9 Å². The molecular weight excluding hydrogens is 431 g/mol. The van der Waals surface area contributed by atoms with E-state index in [1.54, 1.807) is 19.1 Å². The van der Waals surface area contributed by atoms with Gasteiger partial charge in [-0.15, -0.1) is 0 Å². The molecule has 1 aromatic heterocycles. The first-order chi connectivity index (χ1) is 16.4. The summed E-state index contributed by atoms with van der Waals surface area (Å²) in [6.07, 6.45) is 0. The molecule has 0 spiro atoms. The molecular formula is C27H23FN4O2. The van der Waals surface area contributed by atoms with E-state index in [0.717, 1.165) is 16.7 Å². The van der Waals surface area contributed by atoms with Gasteiger partial charge in [0.05, 0.1) is 17.3 Å². The van der Waals surface area contributed by atoms with Crippen LogP contribution in [0.15, 0.2) is 83.0 Å². The first-order valence-electron chi connectivity index (χ1n) is 11.0. The maximum Gasteiger partial charge on any atom is 0.326 e. The van der Waals surface area contributed by atoms with Crippen LogP contribution in [0, 0.1) is 19.7 Å². The van der Waals surface area contributed by atoms with E-state index in [0.29, 0.717) is 34.2 Å². The molecule has 1 unspecified atom stereocenters. The Labute approximate surface area is 196 Å². The first kappa shape index (κ1) is 21.6. The van der Waals surface area contributed by atoms with Crippen LogP contribution in [-0.4, -0.2) is 16.2 Å². The number of hydrogen-bond donors (Lipinski definition) is 1. The van der Waals surface area contributed by atoms with E-state index < -0.39 is 6.04 Å². The molecule has 0 radical (unpaired) electrons. The minimum atomic E-state index is -0.488. The topological polar surface area (TPSA) is 71.3 Å². The largest absolute Gasteiger partial charge is 0.334 e. The summed E-state index contributed by atoms with van der Waals surface area (Å²) in [6, 6.07) is 21.2. The van der Waals surface area contributed by atoms with Gasteiger partial charge in [-0.25, -0.2) is 9.18 Å². The SMILES string of the molecule is CC1=C(c2nc(-c3ccc(C)cc3)no2)C(c2ccccc2)NC(=O)N1c1ccc(F)c(C)c1. The van der Waals surface area contributed by atoms with Crippen LogP contribution in [0.5, 0.6) is 0 Å². The molecule has 34 heavy (non-hydrogen) atoms. The number of amides is 2. The van der Waals surface area contributed by atoms with Gasteiger partial charge >= 0.3 is 6.03 Å². The van der Waals surface area contributed by atoms with Gasteiger partial charge in [0, 0.05) is 11.3 Å². The molecule has 7 heteroatoms. The monoisotopic (exact) mass is 454 g/mol. The number of nitrogens with zero attached hydrogens (tertiary/aromatic N) is 3. The number of aromatic nitrogens is 2. The first-order valence-corrected chi connectivity index (χ1v) is 11.0. The Morgan fingerprint density at radius 1 is 0.971 bits per heavy atom. The fourth-order valence-electron chi connectivity index (χ4n) is 4.15. The van der Waals surface area contributed by atoms with E-state index in [-0.39, 0.29) is 11.8 Å². The van der Waals surface area contributed by atoms with Gasteiger partial charge < -0.3 is 9.84 Å². The third-order valence-electron chi connectivity index (χ3n) is 5.98. The normalized spacial score (nSPS) is 16.1. The van der Waals surface area contributed by atoms with Crippen molar-refractivity contribution in [2.45, 2.75) is 26.8 Å². The summed E-state index contributed by atoms with van der Waals surface area (Å²) in [5, 5.41) is 7.25. The Morgan fingerprint density at radius 3 is 2.41 bits per heavy atom. The van der Waals surface area contributed by atoms with Gasteiger partial charge in [0.25, 0.3) is 5.89 Å². The second-order valence-corrected chi connectivity index (χ2v) is 8.35. The number of anilines is 1. The molecule has 0 fully saturated rings. The minimum Gasteiger partial charge on any atom is -0.334 e. The zero-order chi connectivity index (χ0) is 23.8. The number of urea groups is 1. The van der Waals surface area contributed by atoms with Crippen molar-refractivity contribution >= 4 is 17.3 Å². The van der Waals surface area contributed by atoms with Crippen molar-refractivity contribution in [3.8, 4) is 11.4 Å². The smallest absolute Gasteiger partial charge is 0.326 e. The lowest BCUT2D eigenvalue weighted by Gasteiger charge is -2.35. The lowest BCUT2D eigenvalue weighted by molar-refractivity contribution is 0.244. The molecule has 170 valence electrons. The van der Waals surface area contributed by atoms with Gasteiger partial charge in [0.15, 0.2) is 0 Å². The fourth-order valence-corrected chi connectivity index (χ4v) is 4.15. The van der Waals surface area contributed by atoms with Crippen LogP contribution < -0.4 is 10.2 Å². The molecule has 2 heterocycles. The summed E-state index contributed by atoms with van der Waals surface area (Å²) in [7, 11) is 0. The Bertz CT molecular complexity index is 1390. The number of hydrogen-bond acceptors (Lipinski definition) is 4. The second kappa shape index (κ2) is 8.59. The average molecular weight is 455 g/mol. The lowest BCUT2D eigenvalue weighted by atomic mass is 9.94. The summed E-state index contributed by atoms with van der Waals surface area (Å²) >= 11 is 0. The van der Waals surface area contributed by atoms with Gasteiger partial charge in [-0.3, -0.25) is 4.90 Å². The highest BCUT2D eigenvalue weighted by atomic mass is 19.1. The number of rotatable bonds is 4. The number of allylic oxidation sites excluding steroid dienone is 1. The van der Waals surface area contributed by atoms with Crippen LogP contribution in [0.25, 0.3) is 17.0 Å². The Hall–Kier alpha value is -4.26. The lowest BCUT2D eigenvalue weighted by Crippen LogP contribution is -2.46. The summed E-state index contributed by atoms with van der Waals surface area (Å²) in [5.74, 6) is 0.443. The highest BCUT2D eigenvalue weighted by molar-refractivity contribution is 6.01. The number of carbonyl (C=O) groups is 1. The summed E-state index contributed by atoms with van der Waals surface area (Å²) in [4.78, 5) is 19.4. The molecule has 5 rings (SSSR count). The molecule has 0 saturated carbocycles. The van der Waals surface area contributed by atoms with E-state index in [9.17, 15) is 9.18 Å². The van der Waals surface area contributed by atoms with E-state index >= 15 is 0 Å². The Kier molecular flexibility index (Phi) is 5.45. The highest BCUT2D eigenvalue weighted by Crippen LogP contribution is 2.39. The van der Waals surface area contributed by atoms with Crippen LogP contribution in [0.2, 0.25) is 0 Å². The standard InChI is InChI=1S/C27H23FN4O2/c1-16-9-11-20(12-10-16)25-30-26(34-31-25)23-18(3)32(21-13-14-22(28)17(2)15-21)27(33)29-24(23)19-7-5-4-6-8-19/h4-15,24H,1-3H3,(H,29,33). The number of halogens is 1. The van der Waals surface area contributed by atoms with E-state index in [2.05, 4.69) is 15.5 Å². The van der Waals surface area contributed by atoms with Gasteiger partial charge in [-0.1, -0.05) is 65.3 Å². The molecule has 3 aromatic carbocycles. The molecule has 1 atom stereocenters. The average Bonchev–Trinajstić information content (AvgIpc) is 3.31. The fraction of sp³-hybridized carbons (Fsp3) is 0.148. The summed E-state index contributed by atoms with van der Waals surface area (Å²) < 4.78 is 19.6. The van der Waals surface area contributed by atoms with Crippen LogP contribution in [0.1, 0.15) is 35.5 Å². The number of benzene rings is 3. The van der Waals surface area contributed by atoms with Gasteiger partial charge in [0.2, 0.25) is 5.82 Å². The predicted molar refractivity (Wildman–Crippen MR) is 128 cm³/mol. The van der Waals surface area contributed by atoms with Gasteiger partial charge in [-0.2, -0.15) is 4.98 Å². The zero-order valence-electron chi connectivity index (χ0n) is 19.0. The van der Waals surface area contributed by atoms with Crippen molar-refractivity contribution in [1.29, 1.82) is 0 Å². The predicted octanol–water partition coefficient (Wildman–Crippen LogP) is 6.19. The van der Waals surface area contributed by atoms with Crippen molar-refractivity contribution in [2.24, 2.45) is 0 Å². The Morgan fingerprint density at radius 2 is 1.71 bits per heavy atom. The maximum atomic E-state index is 13.9. The third-order valence-corrected chi connectivity index (χ3v) is 5.98. The minimum absolute atomic E-state index is 0.311.